The Morgan fingerprint density at radius 1 is 1.56 bits per heavy atom. The first kappa shape index (κ1) is 15.1. The van der Waals surface area contributed by atoms with Crippen LogP contribution in [0.25, 0.3) is 0 Å². The Morgan fingerprint density at radius 3 is 2.94 bits per heavy atom. The molecule has 1 amide bonds. The maximum atomic E-state index is 10.9. The number of primary amides is 1. The lowest BCUT2D eigenvalue weighted by Gasteiger charge is -2.07. The topological polar surface area (TPSA) is 64.3 Å². The number of nitrogens with one attached hydrogen (secondary N) is 1. The molecule has 0 radical (unpaired) electrons. The molecule has 1 aromatic heterocycles. The summed E-state index contributed by atoms with van der Waals surface area (Å²) in [6.45, 7) is 7.61. The Kier molecular flexibility index (Phi) is 6.93. The fourth-order valence-corrected chi connectivity index (χ4v) is 2.28. The Bertz CT molecular complexity index is 364. The van der Waals surface area contributed by atoms with Gasteiger partial charge in [0.2, 0.25) is 5.91 Å². The molecule has 0 atom stereocenters. The number of ether oxygens (including phenoxy) is 1. The second-order valence-electron chi connectivity index (χ2n) is 4.67. The van der Waals surface area contributed by atoms with E-state index in [0.717, 1.165) is 37.6 Å². The fourth-order valence-electron chi connectivity index (χ4n) is 1.43. The van der Waals surface area contributed by atoms with Gasteiger partial charge in [0.25, 0.3) is 0 Å². The Labute approximate surface area is 113 Å². The molecule has 0 bridgehead atoms. The Balaban J connectivity index is 2.05. The summed E-state index contributed by atoms with van der Waals surface area (Å²) in [6.07, 6.45) is 1.00. The monoisotopic (exact) mass is 270 g/mol. The number of carbonyl (C=O) groups excluding carboxylic acids is 1. The molecule has 0 aliphatic carbocycles. The van der Waals surface area contributed by atoms with Crippen molar-refractivity contribution in [1.29, 1.82) is 0 Å². The summed E-state index contributed by atoms with van der Waals surface area (Å²) >= 11 is 1.56. The van der Waals surface area contributed by atoms with Crippen LogP contribution >= 0.6 is 11.3 Å². The minimum atomic E-state index is -0.361. The van der Waals surface area contributed by atoms with Crippen molar-refractivity contribution in [3.8, 4) is 0 Å². The van der Waals surface area contributed by atoms with E-state index in [1.54, 1.807) is 16.7 Å². The third kappa shape index (κ3) is 6.14. The van der Waals surface area contributed by atoms with Gasteiger partial charge in [-0.05, 0) is 24.9 Å². The molecule has 0 spiro atoms. The number of rotatable bonds is 9. The third-order valence-corrected chi connectivity index (χ3v) is 3.27. The molecule has 0 fully saturated rings. The largest absolute Gasteiger partial charge is 0.381 e. The maximum Gasteiger partial charge on any atom is 0.249 e. The second-order valence-corrected chi connectivity index (χ2v) is 5.66. The van der Waals surface area contributed by atoms with E-state index in [1.807, 2.05) is 6.07 Å². The number of hydrogen-bond acceptors (Lipinski definition) is 4. The zero-order chi connectivity index (χ0) is 13.4. The summed E-state index contributed by atoms with van der Waals surface area (Å²) in [4.78, 5) is 12.0. The van der Waals surface area contributed by atoms with Crippen molar-refractivity contribution in [2.75, 3.05) is 19.8 Å². The van der Waals surface area contributed by atoms with Gasteiger partial charge in [0.15, 0.2) is 0 Å². The van der Waals surface area contributed by atoms with Gasteiger partial charge >= 0.3 is 0 Å². The predicted molar refractivity (Wildman–Crippen MR) is 74.8 cm³/mol. The smallest absolute Gasteiger partial charge is 0.249 e. The molecule has 0 aliphatic heterocycles. The molecule has 3 N–H and O–H groups in total. The van der Waals surface area contributed by atoms with Gasteiger partial charge in [0.05, 0.1) is 5.56 Å². The van der Waals surface area contributed by atoms with E-state index in [2.05, 4.69) is 19.2 Å². The van der Waals surface area contributed by atoms with Gasteiger partial charge in [-0.3, -0.25) is 4.79 Å². The molecule has 0 saturated carbocycles. The van der Waals surface area contributed by atoms with Crippen LogP contribution in [0.5, 0.6) is 0 Å². The summed E-state index contributed by atoms with van der Waals surface area (Å²) in [7, 11) is 0. The fraction of sp³-hybridized carbons (Fsp3) is 0.615. The molecule has 1 aromatic rings. The molecule has 0 unspecified atom stereocenters. The van der Waals surface area contributed by atoms with Crippen LogP contribution in [-0.4, -0.2) is 25.7 Å². The van der Waals surface area contributed by atoms with E-state index >= 15 is 0 Å². The summed E-state index contributed by atoms with van der Waals surface area (Å²) in [5.74, 6) is 0.232. The van der Waals surface area contributed by atoms with Crippen molar-refractivity contribution in [3.63, 3.8) is 0 Å². The van der Waals surface area contributed by atoms with Gasteiger partial charge in [-0.1, -0.05) is 13.8 Å². The van der Waals surface area contributed by atoms with Crippen molar-refractivity contribution in [1.82, 2.24) is 5.32 Å². The lowest BCUT2D eigenvalue weighted by atomic mass is 10.2. The number of hydrogen-bond donors (Lipinski definition) is 2. The normalized spacial score (nSPS) is 11.1. The van der Waals surface area contributed by atoms with Crippen LogP contribution < -0.4 is 11.1 Å². The van der Waals surface area contributed by atoms with Gasteiger partial charge in [-0.15, -0.1) is 11.3 Å². The second kappa shape index (κ2) is 8.24. The van der Waals surface area contributed by atoms with Crippen LogP contribution in [0.2, 0.25) is 0 Å². The Hall–Kier alpha value is -0.910. The van der Waals surface area contributed by atoms with Crippen molar-refractivity contribution in [2.45, 2.75) is 26.8 Å². The van der Waals surface area contributed by atoms with E-state index in [9.17, 15) is 4.79 Å². The van der Waals surface area contributed by atoms with E-state index in [4.69, 9.17) is 10.5 Å². The lowest BCUT2D eigenvalue weighted by Crippen LogP contribution is -2.16. The van der Waals surface area contributed by atoms with E-state index in [0.29, 0.717) is 11.5 Å². The Morgan fingerprint density at radius 2 is 2.33 bits per heavy atom. The summed E-state index contributed by atoms with van der Waals surface area (Å²) in [5, 5.41) is 5.12. The molecule has 0 aliphatic rings. The van der Waals surface area contributed by atoms with Crippen LogP contribution in [0.3, 0.4) is 0 Å². The van der Waals surface area contributed by atoms with E-state index in [1.165, 1.54) is 0 Å². The highest BCUT2D eigenvalue weighted by Gasteiger charge is 2.03. The molecular formula is C13H22N2O2S. The van der Waals surface area contributed by atoms with Crippen LogP contribution in [0.4, 0.5) is 0 Å². The number of thiophene rings is 1. The molecule has 18 heavy (non-hydrogen) atoms. The standard InChI is InChI=1S/C13H22N2O2S/c1-10(2)8-17-5-3-4-15-7-12-6-11(9-18-12)13(14)16/h6,9-10,15H,3-5,7-8H2,1-2H3,(H2,14,16). The van der Waals surface area contributed by atoms with E-state index in [-0.39, 0.29) is 5.91 Å². The first-order valence-corrected chi connectivity index (χ1v) is 7.13. The maximum absolute atomic E-state index is 10.9. The highest BCUT2D eigenvalue weighted by Crippen LogP contribution is 2.13. The highest BCUT2D eigenvalue weighted by molar-refractivity contribution is 7.10. The van der Waals surface area contributed by atoms with Gasteiger partial charge in [-0.25, -0.2) is 0 Å². The minimum absolute atomic E-state index is 0.361. The first-order valence-electron chi connectivity index (χ1n) is 6.25. The van der Waals surface area contributed by atoms with Crippen molar-refractivity contribution in [3.05, 3.63) is 21.9 Å². The molecule has 4 nitrogen and oxygen atoms in total. The van der Waals surface area contributed by atoms with Crippen LogP contribution in [0.15, 0.2) is 11.4 Å². The molecule has 5 heteroatoms. The quantitative estimate of drug-likeness (QED) is 0.675. The highest BCUT2D eigenvalue weighted by atomic mass is 32.1. The number of amides is 1. The van der Waals surface area contributed by atoms with Crippen LogP contribution in [-0.2, 0) is 11.3 Å². The molecule has 102 valence electrons. The molecule has 1 rings (SSSR count). The zero-order valence-corrected chi connectivity index (χ0v) is 11.9. The number of carbonyl (C=O) groups is 1. The van der Waals surface area contributed by atoms with Crippen molar-refractivity contribution < 1.29 is 9.53 Å². The summed E-state index contributed by atoms with van der Waals surface area (Å²) in [5.41, 5.74) is 5.79. The molecular weight excluding hydrogens is 248 g/mol. The van der Waals surface area contributed by atoms with Gasteiger partial charge in [0.1, 0.15) is 0 Å². The third-order valence-electron chi connectivity index (χ3n) is 2.33. The van der Waals surface area contributed by atoms with Crippen molar-refractivity contribution in [2.24, 2.45) is 11.7 Å². The van der Waals surface area contributed by atoms with Crippen LogP contribution in [0.1, 0.15) is 35.5 Å². The van der Waals surface area contributed by atoms with E-state index < -0.39 is 0 Å². The SMILES string of the molecule is CC(C)COCCCNCc1cc(C(N)=O)cs1. The van der Waals surface area contributed by atoms with Crippen LogP contribution in [0, 0.1) is 5.92 Å². The summed E-state index contributed by atoms with van der Waals surface area (Å²) < 4.78 is 5.48. The van der Waals surface area contributed by atoms with Gasteiger partial charge in [-0.2, -0.15) is 0 Å². The molecule has 0 aromatic carbocycles. The summed E-state index contributed by atoms with van der Waals surface area (Å²) in [6, 6.07) is 1.84. The average molecular weight is 270 g/mol. The van der Waals surface area contributed by atoms with Gasteiger partial charge in [0, 0.05) is 30.0 Å². The number of nitrogens with two attached hydrogens (primary N) is 1. The average Bonchev–Trinajstić information content (AvgIpc) is 2.76. The molecule has 0 saturated heterocycles. The lowest BCUT2D eigenvalue weighted by molar-refractivity contribution is 0.100. The van der Waals surface area contributed by atoms with Gasteiger partial charge < -0.3 is 15.8 Å². The molecule has 1 heterocycles. The first-order chi connectivity index (χ1) is 8.59. The predicted octanol–water partition coefficient (Wildman–Crippen LogP) is 2.00. The van der Waals surface area contributed by atoms with Crippen molar-refractivity contribution >= 4 is 17.2 Å². The zero-order valence-electron chi connectivity index (χ0n) is 11.1. The minimum Gasteiger partial charge on any atom is -0.381 e.